The topological polar surface area (TPSA) is 153 Å². The van der Waals surface area contributed by atoms with Crippen molar-refractivity contribution < 1.29 is 27.4 Å². The molecule has 0 heterocycles. The first-order valence-electron chi connectivity index (χ1n) is 7.70. The number of aryl methyl sites for hydroxylation is 1. The summed E-state index contributed by atoms with van der Waals surface area (Å²) >= 11 is 10.5. The lowest BCUT2D eigenvalue weighted by Crippen LogP contribution is -2.39. The highest BCUT2D eigenvalue weighted by atomic mass is 35.5. The van der Waals surface area contributed by atoms with Crippen LogP contribution in [0.5, 0.6) is 5.75 Å². The van der Waals surface area contributed by atoms with Gasteiger partial charge in [-0.1, -0.05) is 11.6 Å². The summed E-state index contributed by atoms with van der Waals surface area (Å²) in [6.07, 6.45) is -1.51. The first kappa shape index (κ1) is 22.3. The Bertz CT molecular complexity index is 1090. The summed E-state index contributed by atoms with van der Waals surface area (Å²) in [5, 5.41) is 20.4. The van der Waals surface area contributed by atoms with E-state index < -0.39 is 43.4 Å². The Morgan fingerprint density at radius 3 is 2.52 bits per heavy atom. The number of rotatable bonds is 6. The second-order valence-corrected chi connectivity index (χ2v) is 8.07. The van der Waals surface area contributed by atoms with Crippen molar-refractivity contribution in [1.82, 2.24) is 4.90 Å². The van der Waals surface area contributed by atoms with Gasteiger partial charge in [0.2, 0.25) is 0 Å². The van der Waals surface area contributed by atoms with Crippen molar-refractivity contribution in [1.29, 1.82) is 0 Å². The van der Waals surface area contributed by atoms with Gasteiger partial charge in [-0.25, -0.2) is 9.69 Å². The lowest BCUT2D eigenvalue weighted by molar-refractivity contribution is -0.385. The zero-order valence-corrected chi connectivity index (χ0v) is 17.1. The average molecular weight is 460 g/mol. The SMILES string of the molecule is Cc1cc(OS(=O)(=O)c2ccc(CN(C(=O)O)C(N)=S)c([N+](=O)[O-])c2)ccc1Cl. The van der Waals surface area contributed by atoms with Crippen LogP contribution in [0.1, 0.15) is 11.1 Å². The number of nitro benzene ring substituents is 1. The van der Waals surface area contributed by atoms with Crippen molar-refractivity contribution in [2.45, 2.75) is 18.4 Å². The Morgan fingerprint density at radius 2 is 2.00 bits per heavy atom. The maximum absolute atomic E-state index is 12.5. The Labute approximate surface area is 175 Å². The number of nitrogens with two attached hydrogens (primary N) is 1. The molecule has 2 aromatic carbocycles. The highest BCUT2D eigenvalue weighted by molar-refractivity contribution is 7.87. The first-order valence-corrected chi connectivity index (χ1v) is 9.89. The van der Waals surface area contributed by atoms with Gasteiger partial charge in [-0.15, -0.1) is 0 Å². The molecule has 0 aliphatic rings. The Morgan fingerprint density at radius 1 is 1.34 bits per heavy atom. The molecule has 0 unspecified atom stereocenters. The van der Waals surface area contributed by atoms with Crippen LogP contribution in [-0.4, -0.2) is 34.6 Å². The summed E-state index contributed by atoms with van der Waals surface area (Å²) < 4.78 is 30.0. The van der Waals surface area contributed by atoms with Gasteiger partial charge in [-0.2, -0.15) is 8.42 Å². The third-order valence-electron chi connectivity index (χ3n) is 3.70. The molecule has 0 saturated carbocycles. The van der Waals surface area contributed by atoms with Crippen molar-refractivity contribution in [3.05, 3.63) is 62.7 Å². The van der Waals surface area contributed by atoms with Crippen LogP contribution in [0.4, 0.5) is 10.5 Å². The minimum atomic E-state index is -4.40. The molecule has 0 bridgehead atoms. The van der Waals surface area contributed by atoms with Crippen molar-refractivity contribution in [2.75, 3.05) is 0 Å². The summed E-state index contributed by atoms with van der Waals surface area (Å²) in [4.78, 5) is 21.7. The van der Waals surface area contributed by atoms with Crippen LogP contribution < -0.4 is 9.92 Å². The molecule has 0 aromatic heterocycles. The molecule has 154 valence electrons. The van der Waals surface area contributed by atoms with Crippen LogP contribution in [0.25, 0.3) is 0 Å². The number of halogens is 1. The fourth-order valence-electron chi connectivity index (χ4n) is 2.26. The molecule has 1 amide bonds. The average Bonchev–Trinajstić information content (AvgIpc) is 2.61. The number of carboxylic acid groups (broad SMARTS) is 1. The highest BCUT2D eigenvalue weighted by Crippen LogP contribution is 2.28. The van der Waals surface area contributed by atoms with Gasteiger partial charge in [-0.3, -0.25) is 10.1 Å². The van der Waals surface area contributed by atoms with Crippen molar-refractivity contribution in [3.63, 3.8) is 0 Å². The second kappa shape index (κ2) is 8.59. The summed E-state index contributed by atoms with van der Waals surface area (Å²) in [6.45, 7) is 1.12. The van der Waals surface area contributed by atoms with E-state index in [1.165, 1.54) is 18.2 Å². The Hall–Kier alpha value is -2.96. The molecule has 0 aliphatic heterocycles. The van der Waals surface area contributed by atoms with Gasteiger partial charge < -0.3 is 15.0 Å². The predicted octanol–water partition coefficient (Wildman–Crippen LogP) is 3.05. The van der Waals surface area contributed by atoms with E-state index in [0.717, 1.165) is 18.2 Å². The summed E-state index contributed by atoms with van der Waals surface area (Å²) in [6, 6.07) is 7.10. The molecule has 0 spiro atoms. The fraction of sp³-hybridized carbons (Fsp3) is 0.125. The second-order valence-electron chi connectivity index (χ2n) is 5.70. The number of thiocarbonyl (C=S) groups is 1. The Balaban J connectivity index is 2.42. The zero-order valence-electron chi connectivity index (χ0n) is 14.7. The summed E-state index contributed by atoms with van der Waals surface area (Å²) in [5.74, 6) is -0.0239. The lowest BCUT2D eigenvalue weighted by Gasteiger charge is -2.17. The largest absolute Gasteiger partial charge is 0.465 e. The van der Waals surface area contributed by atoms with Crippen molar-refractivity contribution in [3.8, 4) is 5.75 Å². The molecular weight excluding hydrogens is 446 g/mol. The smallest absolute Gasteiger partial charge is 0.413 e. The molecule has 0 fully saturated rings. The lowest BCUT2D eigenvalue weighted by atomic mass is 10.1. The molecule has 0 atom stereocenters. The van der Waals surface area contributed by atoms with E-state index in [0.29, 0.717) is 15.5 Å². The predicted molar refractivity (Wildman–Crippen MR) is 107 cm³/mol. The number of nitrogens with zero attached hydrogens (tertiary/aromatic N) is 2. The number of nitro groups is 1. The van der Waals surface area contributed by atoms with Gasteiger partial charge in [0.25, 0.3) is 5.69 Å². The molecule has 2 aromatic rings. The standard InChI is InChI=1S/C16H14ClN3O7S2/c1-9-6-11(3-5-13(9)17)27-29(25,26)12-4-2-10(14(7-12)20(23)24)8-19(15(18)28)16(21)22/h2-7H,8H2,1H3,(H2,18,28)(H,21,22). The molecule has 0 radical (unpaired) electrons. The minimum Gasteiger partial charge on any atom is -0.465 e. The molecule has 13 heteroatoms. The van der Waals surface area contributed by atoms with Gasteiger partial charge in [0.15, 0.2) is 5.11 Å². The Kier molecular flexibility index (Phi) is 6.62. The van der Waals surface area contributed by atoms with Crippen LogP contribution in [0.2, 0.25) is 5.02 Å². The van der Waals surface area contributed by atoms with E-state index >= 15 is 0 Å². The monoisotopic (exact) mass is 459 g/mol. The number of hydrogen-bond acceptors (Lipinski definition) is 7. The van der Waals surface area contributed by atoms with Crippen LogP contribution in [0.3, 0.4) is 0 Å². The van der Waals surface area contributed by atoms with E-state index in [1.54, 1.807) is 6.92 Å². The van der Waals surface area contributed by atoms with Crippen molar-refractivity contribution >= 4 is 50.8 Å². The zero-order chi connectivity index (χ0) is 21.9. The van der Waals surface area contributed by atoms with Gasteiger partial charge >= 0.3 is 16.2 Å². The minimum absolute atomic E-state index is 0.0239. The number of hydrogen-bond donors (Lipinski definition) is 2. The van der Waals surface area contributed by atoms with E-state index in [-0.39, 0.29) is 11.3 Å². The molecule has 0 aliphatic carbocycles. The van der Waals surface area contributed by atoms with Gasteiger partial charge in [-0.05, 0) is 55.0 Å². The molecule has 0 saturated heterocycles. The quantitative estimate of drug-likeness (QED) is 0.287. The molecule has 3 N–H and O–H groups in total. The van der Waals surface area contributed by atoms with E-state index in [2.05, 4.69) is 12.2 Å². The molecule has 2 rings (SSSR count). The third-order valence-corrected chi connectivity index (χ3v) is 5.59. The maximum atomic E-state index is 12.5. The number of benzene rings is 2. The summed E-state index contributed by atoms with van der Waals surface area (Å²) in [5.41, 5.74) is 5.14. The van der Waals surface area contributed by atoms with Gasteiger partial charge in [0, 0.05) is 16.7 Å². The maximum Gasteiger partial charge on any atom is 0.413 e. The fourth-order valence-corrected chi connectivity index (χ4v) is 3.46. The molecule has 29 heavy (non-hydrogen) atoms. The van der Waals surface area contributed by atoms with E-state index in [9.17, 15) is 23.3 Å². The van der Waals surface area contributed by atoms with Gasteiger partial charge in [0.1, 0.15) is 10.6 Å². The van der Waals surface area contributed by atoms with E-state index in [4.69, 9.17) is 26.6 Å². The first-order chi connectivity index (χ1) is 13.4. The van der Waals surface area contributed by atoms with Crippen LogP contribution >= 0.6 is 23.8 Å². The number of amides is 1. The van der Waals surface area contributed by atoms with Crippen LogP contribution in [0.15, 0.2) is 41.3 Å². The third kappa shape index (κ3) is 5.31. The normalized spacial score (nSPS) is 11.0. The molecular formula is C16H14ClN3O7S2. The van der Waals surface area contributed by atoms with Crippen LogP contribution in [-0.2, 0) is 16.7 Å². The highest BCUT2D eigenvalue weighted by Gasteiger charge is 2.26. The summed E-state index contributed by atoms with van der Waals surface area (Å²) in [7, 11) is -4.40. The van der Waals surface area contributed by atoms with E-state index in [1.807, 2.05) is 0 Å². The number of carbonyl (C=O) groups is 1. The molecule has 10 nitrogen and oxygen atoms in total. The van der Waals surface area contributed by atoms with Crippen molar-refractivity contribution in [2.24, 2.45) is 5.73 Å². The van der Waals surface area contributed by atoms with Crippen LogP contribution in [0, 0.1) is 17.0 Å². The van der Waals surface area contributed by atoms with Gasteiger partial charge in [0.05, 0.1) is 11.5 Å².